The average molecular weight is 409 g/mol. The number of nitrogens with one attached hydrogen (secondary N) is 1. The van der Waals surface area contributed by atoms with Crippen molar-refractivity contribution in [2.24, 2.45) is 0 Å². The van der Waals surface area contributed by atoms with E-state index in [0.717, 1.165) is 0 Å². The summed E-state index contributed by atoms with van der Waals surface area (Å²) in [7, 11) is 0. The lowest BCUT2D eigenvalue weighted by Gasteiger charge is -2.14. The van der Waals surface area contributed by atoms with E-state index in [0.29, 0.717) is 28.5 Å². The molecule has 1 heterocycles. The van der Waals surface area contributed by atoms with Crippen molar-refractivity contribution in [2.75, 3.05) is 0 Å². The van der Waals surface area contributed by atoms with Crippen molar-refractivity contribution in [1.82, 2.24) is 5.32 Å². The minimum absolute atomic E-state index is 0.0149. The molecule has 0 spiro atoms. The number of ether oxygens (including phenoxy) is 1. The van der Waals surface area contributed by atoms with Gasteiger partial charge >= 0.3 is 11.6 Å². The highest BCUT2D eigenvalue weighted by Crippen LogP contribution is 2.27. The van der Waals surface area contributed by atoms with E-state index in [-0.39, 0.29) is 30.3 Å². The summed E-state index contributed by atoms with van der Waals surface area (Å²) in [6, 6.07) is 12.7. The summed E-state index contributed by atoms with van der Waals surface area (Å²) >= 11 is 0. The third-order valence-electron chi connectivity index (χ3n) is 4.69. The molecular weight excluding hydrogens is 386 g/mol. The van der Waals surface area contributed by atoms with Gasteiger partial charge in [0.15, 0.2) is 0 Å². The molecule has 0 bridgehead atoms. The lowest BCUT2D eigenvalue weighted by atomic mass is 10.0. The second kappa shape index (κ2) is 9.26. The van der Waals surface area contributed by atoms with Gasteiger partial charge in [-0.2, -0.15) is 0 Å². The Morgan fingerprint density at radius 3 is 2.57 bits per heavy atom. The fraction of sp³-hybridized carbons (Fsp3) is 0.261. The monoisotopic (exact) mass is 409 g/mol. The summed E-state index contributed by atoms with van der Waals surface area (Å²) in [5.74, 6) is -0.730. The van der Waals surface area contributed by atoms with Gasteiger partial charge < -0.3 is 19.6 Å². The topological polar surface area (TPSA) is 106 Å². The van der Waals surface area contributed by atoms with Gasteiger partial charge in [0.05, 0.1) is 6.42 Å². The van der Waals surface area contributed by atoms with Crippen LogP contribution in [-0.4, -0.2) is 23.0 Å². The van der Waals surface area contributed by atoms with Crippen LogP contribution in [0, 0.1) is 0 Å². The molecule has 0 saturated heterocycles. The summed E-state index contributed by atoms with van der Waals surface area (Å²) < 4.78 is 10.5. The molecule has 0 aliphatic heterocycles. The molecule has 3 aromatic rings. The fourth-order valence-electron chi connectivity index (χ4n) is 3.12. The van der Waals surface area contributed by atoms with Gasteiger partial charge in [0.2, 0.25) is 0 Å². The number of hydrogen-bond acceptors (Lipinski definition) is 6. The van der Waals surface area contributed by atoms with Crippen LogP contribution >= 0.6 is 0 Å². The van der Waals surface area contributed by atoms with E-state index in [4.69, 9.17) is 9.15 Å². The SMILES string of the molecule is CCc1cc2c(COC(=O)C[C@@H](C)NC(=O)c3ccccc3)cc(=O)oc2cc1O. The van der Waals surface area contributed by atoms with Crippen molar-refractivity contribution >= 4 is 22.8 Å². The molecular formula is C23H23NO6. The van der Waals surface area contributed by atoms with E-state index in [9.17, 15) is 19.5 Å². The Bertz CT molecular complexity index is 1120. The molecule has 1 amide bonds. The number of phenolic OH excluding ortho intramolecular Hbond substituents is 1. The predicted octanol–water partition coefficient (Wildman–Crippen LogP) is 3.31. The molecule has 0 saturated carbocycles. The van der Waals surface area contributed by atoms with Crippen LogP contribution in [0.2, 0.25) is 0 Å². The molecule has 7 heteroatoms. The van der Waals surface area contributed by atoms with Crippen molar-refractivity contribution < 1.29 is 23.8 Å². The van der Waals surface area contributed by atoms with Gasteiger partial charge in [-0.25, -0.2) is 4.79 Å². The zero-order chi connectivity index (χ0) is 21.7. The van der Waals surface area contributed by atoms with E-state index in [1.807, 2.05) is 13.0 Å². The highest BCUT2D eigenvalue weighted by molar-refractivity contribution is 5.94. The van der Waals surface area contributed by atoms with E-state index in [2.05, 4.69) is 5.32 Å². The van der Waals surface area contributed by atoms with E-state index in [1.165, 1.54) is 12.1 Å². The first-order valence-electron chi connectivity index (χ1n) is 9.67. The molecule has 0 aliphatic carbocycles. The normalized spacial score (nSPS) is 11.8. The number of carbonyl (C=O) groups is 2. The molecule has 3 rings (SSSR count). The predicted molar refractivity (Wildman–Crippen MR) is 111 cm³/mol. The maximum absolute atomic E-state index is 12.2. The van der Waals surface area contributed by atoms with E-state index in [1.54, 1.807) is 37.3 Å². The van der Waals surface area contributed by atoms with Crippen LogP contribution in [0.5, 0.6) is 5.75 Å². The lowest BCUT2D eigenvalue weighted by Crippen LogP contribution is -2.34. The summed E-state index contributed by atoms with van der Waals surface area (Å²) in [6.45, 7) is 3.49. The Hall–Kier alpha value is -3.61. The number of esters is 1. The van der Waals surface area contributed by atoms with Crippen LogP contribution in [-0.2, 0) is 22.6 Å². The number of aryl methyl sites for hydroxylation is 1. The van der Waals surface area contributed by atoms with Crippen LogP contribution in [0.4, 0.5) is 0 Å². The summed E-state index contributed by atoms with van der Waals surface area (Å²) in [4.78, 5) is 36.2. The number of carbonyl (C=O) groups excluding carboxylic acids is 2. The summed E-state index contributed by atoms with van der Waals surface area (Å²) in [5.41, 5.74) is 1.33. The van der Waals surface area contributed by atoms with Crippen LogP contribution < -0.4 is 10.9 Å². The molecule has 7 nitrogen and oxygen atoms in total. The summed E-state index contributed by atoms with van der Waals surface area (Å²) in [5, 5.41) is 13.3. The fourth-order valence-corrected chi connectivity index (χ4v) is 3.12. The molecule has 156 valence electrons. The molecule has 0 fully saturated rings. The Morgan fingerprint density at radius 2 is 1.87 bits per heavy atom. The average Bonchev–Trinajstić information content (AvgIpc) is 2.71. The molecule has 1 atom stereocenters. The number of rotatable bonds is 7. The van der Waals surface area contributed by atoms with Crippen molar-refractivity contribution in [3.05, 3.63) is 75.6 Å². The van der Waals surface area contributed by atoms with E-state index < -0.39 is 17.6 Å². The smallest absolute Gasteiger partial charge is 0.336 e. The number of amides is 1. The highest BCUT2D eigenvalue weighted by atomic mass is 16.5. The third-order valence-corrected chi connectivity index (χ3v) is 4.69. The van der Waals surface area contributed by atoms with Crippen LogP contribution in [0.15, 0.2) is 57.7 Å². The standard InChI is InChI=1S/C23H23NO6/c1-3-15-10-18-17(11-22(27)30-20(18)12-19(15)25)13-29-21(26)9-14(2)24-23(28)16-7-5-4-6-8-16/h4-8,10-12,14,25H,3,9,13H2,1-2H3,(H,24,28)/t14-/m1/s1. The van der Waals surface area contributed by atoms with Crippen molar-refractivity contribution in [3.8, 4) is 5.75 Å². The maximum Gasteiger partial charge on any atom is 0.336 e. The van der Waals surface area contributed by atoms with Gasteiger partial charge in [-0.1, -0.05) is 25.1 Å². The largest absolute Gasteiger partial charge is 0.508 e. The van der Waals surface area contributed by atoms with E-state index >= 15 is 0 Å². The number of aromatic hydroxyl groups is 1. The molecule has 0 aliphatic rings. The number of phenols is 1. The first-order chi connectivity index (χ1) is 14.4. The molecule has 0 unspecified atom stereocenters. The minimum Gasteiger partial charge on any atom is -0.508 e. The second-order valence-electron chi connectivity index (χ2n) is 7.03. The van der Waals surface area contributed by atoms with Crippen LogP contribution in [0.1, 0.15) is 41.8 Å². The third kappa shape index (κ3) is 5.05. The Labute approximate surface area is 173 Å². The molecule has 1 aromatic heterocycles. The van der Waals surface area contributed by atoms with Gasteiger partial charge in [-0.05, 0) is 37.1 Å². The molecule has 2 aromatic carbocycles. The quantitative estimate of drug-likeness (QED) is 0.458. The lowest BCUT2D eigenvalue weighted by molar-refractivity contribution is -0.145. The van der Waals surface area contributed by atoms with Gasteiger partial charge in [-0.15, -0.1) is 0 Å². The molecule has 30 heavy (non-hydrogen) atoms. The number of benzene rings is 2. The second-order valence-corrected chi connectivity index (χ2v) is 7.03. The van der Waals surface area contributed by atoms with Crippen molar-refractivity contribution in [1.29, 1.82) is 0 Å². The zero-order valence-electron chi connectivity index (χ0n) is 16.8. The van der Waals surface area contributed by atoms with Crippen LogP contribution in [0.3, 0.4) is 0 Å². The van der Waals surface area contributed by atoms with Crippen molar-refractivity contribution in [2.45, 2.75) is 39.3 Å². The maximum atomic E-state index is 12.2. The Balaban J connectivity index is 1.65. The Kier molecular flexibility index (Phi) is 6.51. The zero-order valence-corrected chi connectivity index (χ0v) is 16.8. The van der Waals surface area contributed by atoms with Gasteiger partial charge in [0.25, 0.3) is 5.91 Å². The molecule has 2 N–H and O–H groups in total. The van der Waals surface area contributed by atoms with Gasteiger partial charge in [0.1, 0.15) is 17.9 Å². The molecule has 0 radical (unpaired) electrons. The van der Waals surface area contributed by atoms with Gasteiger partial charge in [0, 0.05) is 34.7 Å². The first kappa shape index (κ1) is 21.1. The first-order valence-corrected chi connectivity index (χ1v) is 9.67. The Morgan fingerprint density at radius 1 is 1.13 bits per heavy atom. The minimum atomic E-state index is -0.597. The number of fused-ring (bicyclic) bond motifs is 1. The van der Waals surface area contributed by atoms with Crippen molar-refractivity contribution in [3.63, 3.8) is 0 Å². The van der Waals surface area contributed by atoms with Gasteiger partial charge in [-0.3, -0.25) is 9.59 Å². The highest BCUT2D eigenvalue weighted by Gasteiger charge is 2.16. The summed E-state index contributed by atoms with van der Waals surface area (Å²) in [6.07, 6.45) is 0.581. The number of hydrogen-bond donors (Lipinski definition) is 2. The van der Waals surface area contributed by atoms with Crippen LogP contribution in [0.25, 0.3) is 11.0 Å².